The van der Waals surface area contributed by atoms with E-state index in [1.54, 1.807) is 0 Å². The Hall–Kier alpha value is -0.320. The lowest BCUT2D eigenvalue weighted by molar-refractivity contribution is -0.143. The molecule has 1 aromatic rings. The molecule has 1 aromatic carbocycles. The van der Waals surface area contributed by atoms with Gasteiger partial charge in [0, 0.05) is 0 Å². The van der Waals surface area contributed by atoms with Crippen molar-refractivity contribution in [1.82, 2.24) is 0 Å². The highest BCUT2D eigenvalue weighted by Gasteiger charge is 2.36. The van der Waals surface area contributed by atoms with Crippen LogP contribution in [0.15, 0.2) is 18.2 Å². The van der Waals surface area contributed by atoms with Crippen molar-refractivity contribution < 1.29 is 26.3 Å². The van der Waals surface area contributed by atoms with Gasteiger partial charge in [0.25, 0.3) is 0 Å². The molecule has 106 valence electrons. The lowest BCUT2D eigenvalue weighted by Gasteiger charge is -2.17. The minimum Gasteiger partial charge on any atom is -0.745 e. The standard InChI is InChI=1S/C9H4F6S4/c10-8(11,12)5-1-4(7(16)19(17)18)2-6(3-5)9(13,14)15/h1-3,16H/p-1. The third-order valence-electron chi connectivity index (χ3n) is 1.97. The number of halogens is 6. The predicted molar refractivity (Wildman–Crippen MR) is 70.0 cm³/mol. The number of rotatable bonds is 1. The van der Waals surface area contributed by atoms with Crippen molar-refractivity contribution in [3.63, 3.8) is 0 Å². The summed E-state index contributed by atoms with van der Waals surface area (Å²) in [6.45, 7) is 0. The summed E-state index contributed by atoms with van der Waals surface area (Å²) < 4.78 is 75.0. The molecule has 0 saturated carbocycles. The van der Waals surface area contributed by atoms with Gasteiger partial charge in [-0.05, 0) is 46.1 Å². The highest BCUT2D eigenvalue weighted by atomic mass is 33.1. The maximum absolute atomic E-state index is 12.5. The minimum absolute atomic E-state index is 0.0248. The van der Waals surface area contributed by atoms with Crippen molar-refractivity contribution >= 4 is 46.8 Å². The Balaban J connectivity index is 3.65. The predicted octanol–water partition coefficient (Wildman–Crippen LogP) is 3.29. The van der Waals surface area contributed by atoms with Crippen molar-refractivity contribution in [2.45, 2.75) is 12.4 Å². The van der Waals surface area contributed by atoms with Crippen LogP contribution in [0, 0.1) is 0 Å². The van der Waals surface area contributed by atoms with Gasteiger partial charge >= 0.3 is 12.4 Å². The highest BCUT2D eigenvalue weighted by Crippen LogP contribution is 2.36. The SMILES string of the molecule is FC(F)(F)c1cc(C([S-])=S(=S)=S)cc(C(F)(F)F)c1. The summed E-state index contributed by atoms with van der Waals surface area (Å²) >= 11 is 13.9. The van der Waals surface area contributed by atoms with Crippen molar-refractivity contribution in [1.29, 1.82) is 0 Å². The molecule has 0 aliphatic carbocycles. The summed E-state index contributed by atoms with van der Waals surface area (Å²) in [5.41, 5.74) is -3.28. The van der Waals surface area contributed by atoms with E-state index < -0.39 is 36.6 Å². The second-order valence-corrected chi connectivity index (χ2v) is 7.49. The molecular weight excluding hydrogens is 350 g/mol. The van der Waals surface area contributed by atoms with Gasteiger partial charge < -0.3 is 12.6 Å². The molecule has 0 fully saturated rings. The molecule has 0 aliphatic heterocycles. The first kappa shape index (κ1) is 16.7. The van der Waals surface area contributed by atoms with Crippen LogP contribution in [0.1, 0.15) is 16.7 Å². The van der Waals surface area contributed by atoms with E-state index in [1.807, 2.05) is 0 Å². The fraction of sp³-hybridized carbons (Fsp3) is 0.222. The number of hydrogen-bond acceptors (Lipinski definition) is 3. The summed E-state index contributed by atoms with van der Waals surface area (Å²) in [6, 6.07) is 1.07. The van der Waals surface area contributed by atoms with Gasteiger partial charge in [-0.25, -0.2) is 0 Å². The lowest BCUT2D eigenvalue weighted by Crippen LogP contribution is -2.13. The van der Waals surface area contributed by atoms with Gasteiger partial charge in [-0.1, -0.05) is 7.60 Å². The monoisotopic (exact) mass is 353 g/mol. The minimum atomic E-state index is -4.91. The molecule has 0 aliphatic rings. The molecule has 0 unspecified atom stereocenters. The van der Waals surface area contributed by atoms with Gasteiger partial charge in [-0.2, -0.15) is 26.3 Å². The summed E-state index contributed by atoms with van der Waals surface area (Å²) in [5.74, 6) is 0. The molecule has 0 spiro atoms. The first-order chi connectivity index (χ1) is 8.43. The molecule has 0 amide bonds. The molecule has 0 heterocycles. The average molecular weight is 353 g/mol. The van der Waals surface area contributed by atoms with Crippen molar-refractivity contribution in [2.75, 3.05) is 0 Å². The molecule has 0 radical (unpaired) electrons. The lowest BCUT2D eigenvalue weighted by atomic mass is 10.1. The molecular formula is C9H3F6S4-. The Morgan fingerprint density at radius 3 is 1.53 bits per heavy atom. The molecule has 10 heteroatoms. The van der Waals surface area contributed by atoms with Gasteiger partial charge in [0.1, 0.15) is 0 Å². The van der Waals surface area contributed by atoms with E-state index in [2.05, 4.69) is 35.0 Å². The van der Waals surface area contributed by atoms with Crippen molar-refractivity contribution in [3.05, 3.63) is 34.9 Å². The fourth-order valence-electron chi connectivity index (χ4n) is 1.17. The molecule has 1 rings (SSSR count). The van der Waals surface area contributed by atoms with Crippen LogP contribution in [0.2, 0.25) is 0 Å². The van der Waals surface area contributed by atoms with Crippen LogP contribution in [0.4, 0.5) is 26.3 Å². The zero-order valence-electron chi connectivity index (χ0n) is 8.63. The third-order valence-corrected chi connectivity index (χ3v) is 4.88. The molecule has 0 saturated heterocycles. The smallest absolute Gasteiger partial charge is 0.416 e. The Morgan fingerprint density at radius 2 is 1.26 bits per heavy atom. The summed E-state index contributed by atoms with van der Waals surface area (Å²) in [6.07, 6.45) is -9.82. The van der Waals surface area contributed by atoms with Crippen LogP contribution in [-0.4, -0.2) is 4.20 Å². The third kappa shape index (κ3) is 4.33. The molecule has 0 N–H and O–H groups in total. The van der Waals surface area contributed by atoms with E-state index in [0.717, 1.165) is 0 Å². The maximum atomic E-state index is 12.5. The second-order valence-electron chi connectivity index (χ2n) is 3.32. The number of benzene rings is 1. The van der Waals surface area contributed by atoms with E-state index in [1.165, 1.54) is 0 Å². The van der Waals surface area contributed by atoms with Crippen LogP contribution >= 0.6 is 0 Å². The molecule has 0 bridgehead atoms. The Morgan fingerprint density at radius 1 is 0.895 bits per heavy atom. The van der Waals surface area contributed by atoms with Crippen molar-refractivity contribution in [2.24, 2.45) is 0 Å². The van der Waals surface area contributed by atoms with Crippen LogP contribution in [-0.2, 0) is 55.0 Å². The molecule has 0 nitrogen and oxygen atoms in total. The van der Waals surface area contributed by atoms with Crippen molar-refractivity contribution in [3.8, 4) is 0 Å². The first-order valence-electron chi connectivity index (χ1n) is 4.36. The van der Waals surface area contributed by atoms with Crippen LogP contribution in [0.3, 0.4) is 0 Å². The van der Waals surface area contributed by atoms with E-state index in [0.29, 0.717) is 12.1 Å². The van der Waals surface area contributed by atoms with E-state index >= 15 is 0 Å². The highest BCUT2D eigenvalue weighted by molar-refractivity contribution is 8.48. The molecule has 0 atom stereocenters. The first-order valence-corrected chi connectivity index (χ1v) is 7.84. The second kappa shape index (κ2) is 5.58. The number of alkyl halides is 6. The summed E-state index contributed by atoms with van der Waals surface area (Å²) in [5, 5.41) is 0. The van der Waals surface area contributed by atoms with E-state index in [9.17, 15) is 26.3 Å². The molecule has 19 heavy (non-hydrogen) atoms. The van der Waals surface area contributed by atoms with Crippen LogP contribution in [0.25, 0.3) is 0 Å². The summed E-state index contributed by atoms with van der Waals surface area (Å²) in [4.78, 5) is 0. The Kier molecular flexibility index (Phi) is 4.92. The number of hydrogen-bond donors (Lipinski definition) is 0. The largest absolute Gasteiger partial charge is 0.745 e. The Bertz CT molecular complexity index is 583. The fourth-order valence-corrected chi connectivity index (χ4v) is 2.17. The molecule has 0 aromatic heterocycles. The van der Waals surface area contributed by atoms with Gasteiger partial charge in [0.15, 0.2) is 0 Å². The topological polar surface area (TPSA) is 0 Å². The van der Waals surface area contributed by atoms with Gasteiger partial charge in [0.05, 0.1) is 11.1 Å². The average Bonchev–Trinajstić information content (AvgIpc) is 2.24. The normalized spacial score (nSPS) is 12.4. The van der Waals surface area contributed by atoms with E-state index in [4.69, 9.17) is 0 Å². The summed E-state index contributed by atoms with van der Waals surface area (Å²) in [7, 11) is -1.42. The van der Waals surface area contributed by atoms with Gasteiger partial charge in [0.2, 0.25) is 0 Å². The quantitative estimate of drug-likeness (QED) is 0.432. The van der Waals surface area contributed by atoms with Gasteiger partial charge in [-0.15, -0.1) is 4.20 Å². The van der Waals surface area contributed by atoms with Crippen LogP contribution in [0.5, 0.6) is 0 Å². The van der Waals surface area contributed by atoms with Crippen LogP contribution < -0.4 is 0 Å². The van der Waals surface area contributed by atoms with E-state index in [-0.39, 0.29) is 10.3 Å². The zero-order chi connectivity index (χ0) is 15.0. The Labute approximate surface area is 120 Å². The maximum Gasteiger partial charge on any atom is 0.416 e. The van der Waals surface area contributed by atoms with Gasteiger partial charge in [-0.3, -0.25) is 0 Å². The zero-order valence-corrected chi connectivity index (χ0v) is 11.9.